The predicted molar refractivity (Wildman–Crippen MR) is 82.9 cm³/mol. The number of nitrogens with one attached hydrogen (secondary N) is 2. The van der Waals surface area contributed by atoms with Gasteiger partial charge in [0.15, 0.2) is 5.13 Å². The van der Waals surface area contributed by atoms with E-state index in [1.165, 1.54) is 18.2 Å². The second kappa shape index (κ2) is 6.44. The number of amides is 1. The number of nitrogens with zero attached hydrogens (tertiary/aromatic N) is 1. The second-order valence-electron chi connectivity index (χ2n) is 4.68. The Hall–Kier alpha value is -2.07. The van der Waals surface area contributed by atoms with Gasteiger partial charge in [0.1, 0.15) is 0 Å². The minimum atomic E-state index is -5.18. The molecule has 0 saturated carbocycles. The van der Waals surface area contributed by atoms with Crippen LogP contribution in [0.4, 0.5) is 18.3 Å². The summed E-state index contributed by atoms with van der Waals surface area (Å²) in [5, 5.41) is 3.69. The number of halogens is 4. The molecule has 1 aromatic carbocycles. The number of fused-ring (bicyclic) bond motifs is 1. The number of anilines is 1. The van der Waals surface area contributed by atoms with Gasteiger partial charge in [0.05, 0.1) is 17.3 Å². The summed E-state index contributed by atoms with van der Waals surface area (Å²) in [6.07, 6.45) is -5.18. The van der Waals surface area contributed by atoms with E-state index in [1.807, 2.05) is 5.32 Å². The second-order valence-corrected chi connectivity index (χ2v) is 6.14. The Balaban J connectivity index is 2.53. The fraction of sp³-hybridized carbons (Fsp3) is 0.308. The quantitative estimate of drug-likeness (QED) is 0.628. The van der Waals surface area contributed by atoms with Crippen LogP contribution in [0.1, 0.15) is 6.92 Å². The van der Waals surface area contributed by atoms with Crippen molar-refractivity contribution in [2.24, 2.45) is 0 Å². The summed E-state index contributed by atoms with van der Waals surface area (Å²) in [4.78, 5) is 27.0. The highest BCUT2D eigenvalue weighted by molar-refractivity contribution is 7.22. The van der Waals surface area contributed by atoms with Gasteiger partial charge in [-0.1, -0.05) is 22.9 Å². The smallest absolute Gasteiger partial charge is 0.442 e. The molecule has 0 fully saturated rings. The molecule has 0 saturated heterocycles. The van der Waals surface area contributed by atoms with Crippen LogP contribution in [0.2, 0.25) is 5.02 Å². The molecule has 1 atom stereocenters. The normalized spacial score (nSPS) is 14.1. The van der Waals surface area contributed by atoms with Gasteiger partial charge in [0, 0.05) is 11.9 Å². The number of methoxy groups -OCH3 is 1. The number of hydrogen-bond donors (Lipinski definition) is 2. The standard InChI is InChI=1S/C13H11ClF3N3O3S/c1-6(21)19-12(10(22)23-2,13(15,16)17)20-11-18-8-4-3-7(14)5-9(8)24-11/h3-5H,1-2H3,(H,18,20)(H,19,21). The molecule has 0 aliphatic heterocycles. The van der Waals surface area contributed by atoms with E-state index in [0.29, 0.717) is 15.2 Å². The lowest BCUT2D eigenvalue weighted by Crippen LogP contribution is -2.69. The van der Waals surface area contributed by atoms with Crippen LogP contribution in [0.25, 0.3) is 10.2 Å². The highest BCUT2D eigenvalue weighted by Crippen LogP contribution is 2.36. The molecule has 0 spiro atoms. The third-order valence-electron chi connectivity index (χ3n) is 2.93. The molecule has 1 aromatic heterocycles. The number of carbonyl (C=O) groups excluding carboxylic acids is 2. The molecule has 0 bridgehead atoms. The predicted octanol–water partition coefficient (Wildman–Crippen LogP) is 2.93. The van der Waals surface area contributed by atoms with Crippen molar-refractivity contribution in [1.29, 1.82) is 0 Å². The lowest BCUT2D eigenvalue weighted by molar-refractivity contribution is -0.206. The van der Waals surface area contributed by atoms with Crippen molar-refractivity contribution in [3.8, 4) is 0 Å². The van der Waals surface area contributed by atoms with E-state index in [0.717, 1.165) is 25.4 Å². The number of rotatable bonds is 4. The van der Waals surface area contributed by atoms with Gasteiger partial charge in [0.2, 0.25) is 5.91 Å². The first-order chi connectivity index (χ1) is 11.1. The van der Waals surface area contributed by atoms with Crippen LogP contribution >= 0.6 is 22.9 Å². The highest BCUT2D eigenvalue weighted by Gasteiger charge is 2.63. The fourth-order valence-corrected chi connectivity index (χ4v) is 3.12. The Morgan fingerprint density at radius 1 is 1.33 bits per heavy atom. The summed E-state index contributed by atoms with van der Waals surface area (Å²) in [5.41, 5.74) is -3.07. The van der Waals surface area contributed by atoms with Gasteiger partial charge < -0.3 is 15.4 Å². The van der Waals surface area contributed by atoms with Gasteiger partial charge in [-0.15, -0.1) is 0 Å². The molecule has 24 heavy (non-hydrogen) atoms. The number of hydrogen-bond acceptors (Lipinski definition) is 6. The zero-order valence-corrected chi connectivity index (χ0v) is 13.9. The number of thiazole rings is 1. The largest absolute Gasteiger partial charge is 0.466 e. The van der Waals surface area contributed by atoms with Crippen molar-refractivity contribution in [2.75, 3.05) is 12.4 Å². The van der Waals surface area contributed by atoms with Crippen molar-refractivity contribution in [1.82, 2.24) is 10.3 Å². The van der Waals surface area contributed by atoms with Gasteiger partial charge in [0.25, 0.3) is 0 Å². The molecule has 2 rings (SSSR count). The average molecular weight is 382 g/mol. The first kappa shape index (κ1) is 18.3. The summed E-state index contributed by atoms with van der Waals surface area (Å²) in [5.74, 6) is -2.79. The number of aromatic nitrogens is 1. The summed E-state index contributed by atoms with van der Waals surface area (Å²) >= 11 is 6.67. The Bertz CT molecular complexity index is 796. The Morgan fingerprint density at radius 3 is 2.54 bits per heavy atom. The van der Waals surface area contributed by atoms with Crippen molar-refractivity contribution >= 4 is 50.2 Å². The maximum absolute atomic E-state index is 13.6. The van der Waals surface area contributed by atoms with Crippen LogP contribution < -0.4 is 10.6 Å². The van der Waals surface area contributed by atoms with Gasteiger partial charge in [-0.2, -0.15) is 13.2 Å². The third kappa shape index (κ3) is 3.39. The van der Waals surface area contributed by atoms with Gasteiger partial charge in [-0.25, -0.2) is 9.78 Å². The van der Waals surface area contributed by atoms with E-state index >= 15 is 0 Å². The van der Waals surface area contributed by atoms with Crippen molar-refractivity contribution in [3.05, 3.63) is 23.2 Å². The SMILES string of the molecule is COC(=O)C(NC(C)=O)(Nc1nc2ccc(Cl)cc2s1)C(F)(F)F. The van der Waals surface area contributed by atoms with Crippen molar-refractivity contribution < 1.29 is 27.5 Å². The topological polar surface area (TPSA) is 80.3 Å². The van der Waals surface area contributed by atoms with Crippen LogP contribution in [0, 0.1) is 0 Å². The van der Waals surface area contributed by atoms with Crippen LogP contribution in [0.5, 0.6) is 0 Å². The van der Waals surface area contributed by atoms with Crippen molar-refractivity contribution in [3.63, 3.8) is 0 Å². The fourth-order valence-electron chi connectivity index (χ4n) is 1.92. The number of carbonyl (C=O) groups is 2. The molecule has 1 unspecified atom stereocenters. The zero-order chi connectivity index (χ0) is 18.1. The molecule has 1 heterocycles. The minimum absolute atomic E-state index is 0.233. The number of benzene rings is 1. The molecule has 11 heteroatoms. The van der Waals surface area contributed by atoms with Gasteiger partial charge in [-0.3, -0.25) is 4.79 Å². The van der Waals surface area contributed by atoms with Crippen molar-refractivity contribution in [2.45, 2.75) is 18.8 Å². The van der Waals surface area contributed by atoms with E-state index in [1.54, 1.807) is 5.32 Å². The Morgan fingerprint density at radius 2 is 2.00 bits per heavy atom. The average Bonchev–Trinajstić information content (AvgIpc) is 2.85. The molecule has 0 aliphatic rings. The molecule has 2 N–H and O–H groups in total. The summed E-state index contributed by atoms with van der Waals surface area (Å²) in [7, 11) is 0.782. The Kier molecular flexibility index (Phi) is 4.90. The Labute approximate surface area is 142 Å². The molecule has 1 amide bonds. The van der Waals surface area contributed by atoms with E-state index < -0.39 is 23.7 Å². The number of ether oxygens (including phenoxy) is 1. The first-order valence-corrected chi connectivity index (χ1v) is 7.56. The minimum Gasteiger partial charge on any atom is -0.466 e. The molecule has 6 nitrogen and oxygen atoms in total. The molecular weight excluding hydrogens is 371 g/mol. The summed E-state index contributed by atoms with van der Waals surface area (Å²) < 4.78 is 45.4. The van der Waals surface area contributed by atoms with E-state index in [9.17, 15) is 22.8 Å². The summed E-state index contributed by atoms with van der Waals surface area (Å²) in [6.45, 7) is 0.850. The summed E-state index contributed by atoms with van der Waals surface area (Å²) in [6, 6.07) is 4.56. The van der Waals surface area contributed by atoms with E-state index in [-0.39, 0.29) is 5.13 Å². The highest BCUT2D eigenvalue weighted by atomic mass is 35.5. The number of alkyl halides is 3. The molecule has 2 aromatic rings. The van der Waals surface area contributed by atoms with Crippen LogP contribution in [0.15, 0.2) is 18.2 Å². The maximum atomic E-state index is 13.6. The van der Waals surface area contributed by atoms with Gasteiger partial charge >= 0.3 is 17.8 Å². The van der Waals surface area contributed by atoms with E-state index in [4.69, 9.17) is 11.6 Å². The lowest BCUT2D eigenvalue weighted by atomic mass is 10.1. The molecule has 0 radical (unpaired) electrons. The lowest BCUT2D eigenvalue weighted by Gasteiger charge is -2.33. The maximum Gasteiger partial charge on any atom is 0.442 e. The molecule has 0 aliphatic carbocycles. The first-order valence-electron chi connectivity index (χ1n) is 6.37. The molecule has 130 valence electrons. The monoisotopic (exact) mass is 381 g/mol. The number of esters is 1. The van der Waals surface area contributed by atoms with Crippen LogP contribution in [-0.2, 0) is 14.3 Å². The van der Waals surface area contributed by atoms with Crippen LogP contribution in [-0.4, -0.2) is 35.8 Å². The zero-order valence-electron chi connectivity index (χ0n) is 12.3. The molecular formula is C13H11ClF3N3O3S. The van der Waals surface area contributed by atoms with Crippen LogP contribution in [0.3, 0.4) is 0 Å². The third-order valence-corrected chi connectivity index (χ3v) is 4.09. The van der Waals surface area contributed by atoms with Gasteiger partial charge in [-0.05, 0) is 18.2 Å². The van der Waals surface area contributed by atoms with E-state index in [2.05, 4.69) is 9.72 Å².